The van der Waals surface area contributed by atoms with Crippen LogP contribution in [0, 0.1) is 0 Å². The van der Waals surface area contributed by atoms with Gasteiger partial charge in [-0.2, -0.15) is 0 Å². The molecule has 0 radical (unpaired) electrons. The molecule has 0 aliphatic rings. The summed E-state index contributed by atoms with van der Waals surface area (Å²) in [6, 6.07) is 4.24. The van der Waals surface area contributed by atoms with Crippen LogP contribution in [0.4, 0.5) is 0 Å². The van der Waals surface area contributed by atoms with E-state index in [0.29, 0.717) is 0 Å². The molecule has 1 aromatic heterocycles. The van der Waals surface area contributed by atoms with E-state index in [1.807, 2.05) is 0 Å². The normalized spacial score (nSPS) is 12.6. The molecule has 0 spiro atoms. The molecular weight excluding hydrogens is 230 g/mol. The third kappa shape index (κ3) is 6.31. The van der Waals surface area contributed by atoms with Crippen molar-refractivity contribution >= 4 is 17.3 Å². The Bertz CT molecular complexity index is 336. The van der Waals surface area contributed by atoms with Gasteiger partial charge in [0.2, 0.25) is 0 Å². The van der Waals surface area contributed by atoms with E-state index in [0.717, 1.165) is 25.5 Å². The first-order valence-corrected chi connectivity index (χ1v) is 6.98. The van der Waals surface area contributed by atoms with Crippen molar-refractivity contribution in [1.29, 1.82) is 0 Å². The van der Waals surface area contributed by atoms with Crippen LogP contribution in [-0.2, 0) is 6.42 Å². The van der Waals surface area contributed by atoms with Crippen LogP contribution >= 0.6 is 11.3 Å². The molecule has 0 atom stereocenters. The maximum absolute atomic E-state index is 4.57. The van der Waals surface area contributed by atoms with Crippen LogP contribution in [0.25, 0.3) is 0 Å². The van der Waals surface area contributed by atoms with Crippen molar-refractivity contribution < 1.29 is 0 Å². The SMILES string of the molecule is CCNC(=NCCc1cccs1)NC(C)(C)C. The Morgan fingerprint density at radius 3 is 2.71 bits per heavy atom. The van der Waals surface area contributed by atoms with Crippen molar-refractivity contribution in [2.45, 2.75) is 39.7 Å². The molecule has 96 valence electrons. The molecule has 0 aromatic carbocycles. The van der Waals surface area contributed by atoms with E-state index in [-0.39, 0.29) is 5.54 Å². The number of nitrogens with one attached hydrogen (secondary N) is 2. The highest BCUT2D eigenvalue weighted by Crippen LogP contribution is 2.08. The van der Waals surface area contributed by atoms with Gasteiger partial charge in [0.15, 0.2) is 5.96 Å². The van der Waals surface area contributed by atoms with Crippen molar-refractivity contribution in [3.05, 3.63) is 22.4 Å². The standard InChI is InChI=1S/C13H23N3S/c1-5-14-12(16-13(2,3)4)15-9-8-11-7-6-10-17-11/h6-7,10H,5,8-9H2,1-4H3,(H2,14,15,16). The van der Waals surface area contributed by atoms with Crippen molar-refractivity contribution in [2.24, 2.45) is 4.99 Å². The van der Waals surface area contributed by atoms with Gasteiger partial charge in [-0.25, -0.2) is 0 Å². The summed E-state index contributed by atoms with van der Waals surface area (Å²) in [4.78, 5) is 5.96. The monoisotopic (exact) mass is 253 g/mol. The third-order valence-corrected chi connectivity index (χ3v) is 2.98. The average Bonchev–Trinajstić information content (AvgIpc) is 2.68. The van der Waals surface area contributed by atoms with Crippen molar-refractivity contribution in [2.75, 3.05) is 13.1 Å². The number of thiophene rings is 1. The predicted molar refractivity (Wildman–Crippen MR) is 76.9 cm³/mol. The van der Waals surface area contributed by atoms with E-state index in [1.165, 1.54) is 4.88 Å². The zero-order valence-corrected chi connectivity index (χ0v) is 12.0. The molecule has 0 saturated carbocycles. The number of nitrogens with zero attached hydrogens (tertiary/aromatic N) is 1. The maximum atomic E-state index is 4.57. The van der Waals surface area contributed by atoms with Crippen LogP contribution in [0.2, 0.25) is 0 Å². The van der Waals surface area contributed by atoms with Gasteiger partial charge >= 0.3 is 0 Å². The minimum Gasteiger partial charge on any atom is -0.357 e. The fraction of sp³-hybridized carbons (Fsp3) is 0.615. The highest BCUT2D eigenvalue weighted by Gasteiger charge is 2.11. The Kier molecular flexibility index (Phi) is 5.48. The summed E-state index contributed by atoms with van der Waals surface area (Å²) < 4.78 is 0. The Balaban J connectivity index is 2.46. The van der Waals surface area contributed by atoms with Gasteiger partial charge in [-0.15, -0.1) is 11.3 Å². The van der Waals surface area contributed by atoms with Gasteiger partial charge in [-0.05, 0) is 39.1 Å². The number of guanidine groups is 1. The molecule has 0 amide bonds. The molecule has 0 aliphatic heterocycles. The van der Waals surface area contributed by atoms with E-state index >= 15 is 0 Å². The lowest BCUT2D eigenvalue weighted by molar-refractivity contribution is 0.501. The molecule has 0 saturated heterocycles. The lowest BCUT2D eigenvalue weighted by atomic mass is 10.1. The van der Waals surface area contributed by atoms with Crippen LogP contribution in [0.5, 0.6) is 0 Å². The maximum Gasteiger partial charge on any atom is 0.191 e. The molecule has 17 heavy (non-hydrogen) atoms. The summed E-state index contributed by atoms with van der Waals surface area (Å²) in [7, 11) is 0. The summed E-state index contributed by atoms with van der Waals surface area (Å²) in [5.41, 5.74) is 0.0456. The predicted octanol–water partition coefficient (Wildman–Crippen LogP) is 2.64. The van der Waals surface area contributed by atoms with Gasteiger partial charge in [0.1, 0.15) is 0 Å². The smallest absolute Gasteiger partial charge is 0.191 e. The van der Waals surface area contributed by atoms with Crippen LogP contribution in [0.15, 0.2) is 22.5 Å². The lowest BCUT2D eigenvalue weighted by Crippen LogP contribution is -2.47. The van der Waals surface area contributed by atoms with E-state index in [4.69, 9.17) is 0 Å². The highest BCUT2D eigenvalue weighted by atomic mass is 32.1. The second kappa shape index (κ2) is 6.64. The van der Waals surface area contributed by atoms with E-state index in [1.54, 1.807) is 11.3 Å². The van der Waals surface area contributed by atoms with E-state index < -0.39 is 0 Å². The summed E-state index contributed by atoms with van der Waals surface area (Å²) >= 11 is 1.79. The zero-order chi connectivity index (χ0) is 12.7. The molecule has 0 unspecified atom stereocenters. The molecular formula is C13H23N3S. The quantitative estimate of drug-likeness (QED) is 0.639. The fourth-order valence-corrected chi connectivity index (χ4v) is 2.09. The van der Waals surface area contributed by atoms with Gasteiger partial charge in [0.05, 0.1) is 0 Å². The highest BCUT2D eigenvalue weighted by molar-refractivity contribution is 7.09. The number of hydrogen-bond acceptors (Lipinski definition) is 2. The van der Waals surface area contributed by atoms with Gasteiger partial charge in [0.25, 0.3) is 0 Å². The molecule has 1 heterocycles. The molecule has 0 fully saturated rings. The summed E-state index contributed by atoms with van der Waals surface area (Å²) in [5.74, 6) is 0.900. The molecule has 3 nitrogen and oxygen atoms in total. The first kappa shape index (κ1) is 14.0. The van der Waals surface area contributed by atoms with Crippen LogP contribution in [0.3, 0.4) is 0 Å². The van der Waals surface area contributed by atoms with Gasteiger partial charge in [0, 0.05) is 29.9 Å². The summed E-state index contributed by atoms with van der Waals surface area (Å²) in [5, 5.41) is 8.75. The number of hydrogen-bond donors (Lipinski definition) is 2. The van der Waals surface area contributed by atoms with E-state index in [2.05, 4.69) is 60.8 Å². The second-order valence-corrected chi connectivity index (χ2v) is 6.00. The Labute approximate surface area is 108 Å². The molecule has 2 N–H and O–H groups in total. The van der Waals surface area contributed by atoms with Crippen molar-refractivity contribution in [3.63, 3.8) is 0 Å². The Morgan fingerprint density at radius 1 is 1.41 bits per heavy atom. The average molecular weight is 253 g/mol. The van der Waals surface area contributed by atoms with E-state index in [9.17, 15) is 0 Å². The molecule has 0 aliphatic carbocycles. The van der Waals surface area contributed by atoms with Gasteiger partial charge in [-0.1, -0.05) is 6.07 Å². The largest absolute Gasteiger partial charge is 0.357 e. The number of rotatable bonds is 4. The van der Waals surface area contributed by atoms with Crippen molar-refractivity contribution in [1.82, 2.24) is 10.6 Å². The Morgan fingerprint density at radius 2 is 2.18 bits per heavy atom. The van der Waals surface area contributed by atoms with Crippen LogP contribution in [0.1, 0.15) is 32.6 Å². The first-order valence-electron chi connectivity index (χ1n) is 6.10. The summed E-state index contributed by atoms with van der Waals surface area (Å²) in [6.45, 7) is 10.2. The summed E-state index contributed by atoms with van der Waals surface area (Å²) in [6.07, 6.45) is 1.01. The molecule has 1 rings (SSSR count). The Hall–Kier alpha value is -1.03. The third-order valence-electron chi connectivity index (χ3n) is 2.05. The molecule has 1 aromatic rings. The minimum atomic E-state index is 0.0456. The molecule has 0 bridgehead atoms. The second-order valence-electron chi connectivity index (χ2n) is 4.97. The van der Waals surface area contributed by atoms with Crippen LogP contribution in [-0.4, -0.2) is 24.6 Å². The lowest BCUT2D eigenvalue weighted by Gasteiger charge is -2.23. The topological polar surface area (TPSA) is 36.4 Å². The fourth-order valence-electron chi connectivity index (χ4n) is 1.40. The zero-order valence-electron chi connectivity index (χ0n) is 11.2. The molecule has 4 heteroatoms. The van der Waals surface area contributed by atoms with Crippen LogP contribution < -0.4 is 10.6 Å². The first-order chi connectivity index (χ1) is 8.01. The number of aliphatic imine (C=N–C) groups is 1. The van der Waals surface area contributed by atoms with Gasteiger partial charge < -0.3 is 10.6 Å². The minimum absolute atomic E-state index is 0.0456. The van der Waals surface area contributed by atoms with Crippen molar-refractivity contribution in [3.8, 4) is 0 Å². The van der Waals surface area contributed by atoms with Gasteiger partial charge in [-0.3, -0.25) is 4.99 Å².